The zero-order chi connectivity index (χ0) is 18.4. The van der Waals surface area contributed by atoms with Gasteiger partial charge in [-0.1, -0.05) is 30.3 Å². The highest BCUT2D eigenvalue weighted by Gasteiger charge is 2.18. The van der Waals surface area contributed by atoms with Crippen molar-refractivity contribution in [1.29, 1.82) is 0 Å². The molecule has 5 heteroatoms. The summed E-state index contributed by atoms with van der Waals surface area (Å²) in [7, 11) is 1.70. The number of allylic oxidation sites excluding steroid dienone is 1. The molecule has 3 rings (SSSR count). The summed E-state index contributed by atoms with van der Waals surface area (Å²) in [6, 6.07) is 13.8. The second-order valence-corrected chi connectivity index (χ2v) is 6.20. The van der Waals surface area contributed by atoms with Crippen LogP contribution in [0.3, 0.4) is 0 Å². The number of hydrogen-bond donors (Lipinski definition) is 1. The van der Waals surface area contributed by atoms with Crippen LogP contribution < -0.4 is 9.64 Å². The van der Waals surface area contributed by atoms with E-state index in [1.165, 1.54) is 0 Å². The first-order valence-corrected chi connectivity index (χ1v) is 8.81. The number of phenols is 1. The van der Waals surface area contributed by atoms with E-state index < -0.39 is 0 Å². The molecule has 0 atom stereocenters. The summed E-state index contributed by atoms with van der Waals surface area (Å²) in [5.74, 6) is 1.18. The first kappa shape index (κ1) is 17.9. The van der Waals surface area contributed by atoms with E-state index in [0.717, 1.165) is 48.7 Å². The molecular weight excluding hydrogens is 326 g/mol. The number of hydrazone groups is 1. The van der Waals surface area contributed by atoms with Crippen LogP contribution in [0.5, 0.6) is 11.5 Å². The van der Waals surface area contributed by atoms with E-state index in [1.54, 1.807) is 19.4 Å². The molecule has 0 saturated carbocycles. The van der Waals surface area contributed by atoms with Gasteiger partial charge in [-0.05, 0) is 30.2 Å². The fourth-order valence-electron chi connectivity index (χ4n) is 3.12. The van der Waals surface area contributed by atoms with Gasteiger partial charge < -0.3 is 14.7 Å². The molecule has 0 unspecified atom stereocenters. The van der Waals surface area contributed by atoms with E-state index in [9.17, 15) is 5.11 Å². The number of piperazine rings is 1. The van der Waals surface area contributed by atoms with E-state index in [0.29, 0.717) is 6.42 Å². The highest BCUT2D eigenvalue weighted by molar-refractivity contribution is 5.83. The smallest absolute Gasteiger partial charge is 0.142 e. The van der Waals surface area contributed by atoms with Gasteiger partial charge in [-0.3, -0.25) is 5.01 Å². The van der Waals surface area contributed by atoms with Crippen molar-refractivity contribution < 1.29 is 9.84 Å². The lowest BCUT2D eigenvalue weighted by molar-refractivity contribution is 0.271. The van der Waals surface area contributed by atoms with Gasteiger partial charge in [0.15, 0.2) is 0 Å². The summed E-state index contributed by atoms with van der Waals surface area (Å²) < 4.78 is 5.46. The summed E-state index contributed by atoms with van der Waals surface area (Å²) >= 11 is 0. The van der Waals surface area contributed by atoms with Gasteiger partial charge >= 0.3 is 0 Å². The van der Waals surface area contributed by atoms with Crippen LogP contribution in [0.15, 0.2) is 60.2 Å². The van der Waals surface area contributed by atoms with Gasteiger partial charge in [0.1, 0.15) is 11.5 Å². The molecule has 0 aliphatic carbocycles. The Labute approximate surface area is 154 Å². The van der Waals surface area contributed by atoms with Crippen molar-refractivity contribution in [3.63, 3.8) is 0 Å². The highest BCUT2D eigenvalue weighted by atomic mass is 16.5. The summed E-state index contributed by atoms with van der Waals surface area (Å²) in [6.07, 6.45) is 4.17. The van der Waals surface area contributed by atoms with Gasteiger partial charge in [0.2, 0.25) is 0 Å². The predicted octanol–water partition coefficient (Wildman–Crippen LogP) is 3.29. The second kappa shape index (κ2) is 8.43. The van der Waals surface area contributed by atoms with Crippen LogP contribution in [-0.2, 0) is 6.42 Å². The molecule has 0 spiro atoms. The van der Waals surface area contributed by atoms with E-state index in [4.69, 9.17) is 4.74 Å². The third kappa shape index (κ3) is 3.99. The quantitative estimate of drug-likeness (QED) is 0.641. The van der Waals surface area contributed by atoms with Gasteiger partial charge in [-0.15, -0.1) is 6.58 Å². The molecule has 1 saturated heterocycles. The normalized spacial score (nSPS) is 14.7. The fourth-order valence-corrected chi connectivity index (χ4v) is 3.12. The molecule has 5 nitrogen and oxygen atoms in total. The molecule has 0 aromatic heterocycles. The molecule has 1 N–H and O–H groups in total. The second-order valence-electron chi connectivity index (χ2n) is 6.20. The molecule has 2 aromatic carbocycles. The summed E-state index contributed by atoms with van der Waals surface area (Å²) in [5.41, 5.74) is 2.72. The standard InChI is InChI=1S/C21H25N3O2/c1-3-7-17-8-6-9-18(21(17)25)16-22-24-14-12-23(13-15-24)19-10-4-5-11-20(19)26-2/h3-6,8-11,16,25H,1,7,12-15H2,2H3. The van der Waals surface area contributed by atoms with Crippen LogP contribution in [0.4, 0.5) is 5.69 Å². The molecule has 2 aromatic rings. The zero-order valence-electron chi connectivity index (χ0n) is 15.1. The van der Waals surface area contributed by atoms with Crippen molar-refractivity contribution in [2.45, 2.75) is 6.42 Å². The molecule has 1 heterocycles. The van der Waals surface area contributed by atoms with Crippen molar-refractivity contribution in [3.8, 4) is 11.5 Å². The lowest BCUT2D eigenvalue weighted by atomic mass is 10.1. The van der Waals surface area contributed by atoms with Gasteiger partial charge in [0, 0.05) is 18.7 Å². The van der Waals surface area contributed by atoms with Crippen LogP contribution in [0.25, 0.3) is 0 Å². The van der Waals surface area contributed by atoms with Crippen LogP contribution in [0.2, 0.25) is 0 Å². The average Bonchev–Trinajstić information content (AvgIpc) is 2.69. The molecule has 0 amide bonds. The van der Waals surface area contributed by atoms with Gasteiger partial charge in [0.25, 0.3) is 0 Å². The fraction of sp³-hybridized carbons (Fsp3) is 0.286. The van der Waals surface area contributed by atoms with E-state index in [2.05, 4.69) is 22.6 Å². The molecule has 136 valence electrons. The van der Waals surface area contributed by atoms with Crippen molar-refractivity contribution in [1.82, 2.24) is 5.01 Å². The van der Waals surface area contributed by atoms with Crippen LogP contribution in [0.1, 0.15) is 11.1 Å². The Hall–Kier alpha value is -2.95. The zero-order valence-corrected chi connectivity index (χ0v) is 15.1. The largest absolute Gasteiger partial charge is 0.507 e. The molecular formula is C21H25N3O2. The minimum atomic E-state index is 0.281. The number of phenolic OH excluding ortho intramolecular Hbond substituents is 1. The number of ether oxygens (including phenoxy) is 1. The Bertz CT molecular complexity index is 781. The minimum absolute atomic E-state index is 0.281. The van der Waals surface area contributed by atoms with Crippen LogP contribution in [0, 0.1) is 0 Å². The van der Waals surface area contributed by atoms with Crippen LogP contribution >= 0.6 is 0 Å². The van der Waals surface area contributed by atoms with Gasteiger partial charge in [-0.2, -0.15) is 5.10 Å². The van der Waals surface area contributed by atoms with Crippen LogP contribution in [-0.4, -0.2) is 49.6 Å². The maximum Gasteiger partial charge on any atom is 0.142 e. The van der Waals surface area contributed by atoms with Gasteiger partial charge in [0.05, 0.1) is 32.1 Å². The Kier molecular flexibility index (Phi) is 5.79. The molecule has 0 radical (unpaired) electrons. The highest BCUT2D eigenvalue weighted by Crippen LogP contribution is 2.28. The third-order valence-corrected chi connectivity index (χ3v) is 4.56. The molecule has 1 aliphatic heterocycles. The van der Waals surface area contributed by atoms with E-state index in [1.807, 2.05) is 41.4 Å². The van der Waals surface area contributed by atoms with Crippen molar-refractivity contribution in [2.24, 2.45) is 5.10 Å². The number of rotatable bonds is 6. The molecule has 1 fully saturated rings. The molecule has 1 aliphatic rings. The average molecular weight is 351 g/mol. The Morgan fingerprint density at radius 3 is 2.62 bits per heavy atom. The lowest BCUT2D eigenvalue weighted by Gasteiger charge is -2.35. The Balaban J connectivity index is 1.63. The molecule has 26 heavy (non-hydrogen) atoms. The predicted molar refractivity (Wildman–Crippen MR) is 106 cm³/mol. The maximum absolute atomic E-state index is 10.3. The Morgan fingerprint density at radius 2 is 1.88 bits per heavy atom. The number of benzene rings is 2. The number of hydrogen-bond acceptors (Lipinski definition) is 5. The first-order chi connectivity index (χ1) is 12.7. The number of anilines is 1. The molecule has 0 bridgehead atoms. The van der Waals surface area contributed by atoms with Gasteiger partial charge in [-0.25, -0.2) is 0 Å². The van der Waals surface area contributed by atoms with Crippen molar-refractivity contribution in [2.75, 3.05) is 38.2 Å². The monoisotopic (exact) mass is 351 g/mol. The lowest BCUT2D eigenvalue weighted by Crippen LogP contribution is -2.44. The maximum atomic E-state index is 10.3. The van der Waals surface area contributed by atoms with Crippen molar-refractivity contribution in [3.05, 3.63) is 66.2 Å². The third-order valence-electron chi connectivity index (χ3n) is 4.56. The van der Waals surface area contributed by atoms with E-state index in [-0.39, 0.29) is 5.75 Å². The van der Waals surface area contributed by atoms with E-state index >= 15 is 0 Å². The number of para-hydroxylation sites is 3. The minimum Gasteiger partial charge on any atom is -0.507 e. The summed E-state index contributed by atoms with van der Waals surface area (Å²) in [4.78, 5) is 2.31. The topological polar surface area (TPSA) is 48.3 Å². The first-order valence-electron chi connectivity index (χ1n) is 8.81. The Morgan fingerprint density at radius 1 is 1.12 bits per heavy atom. The number of nitrogens with zero attached hydrogens (tertiary/aromatic N) is 3. The summed E-state index contributed by atoms with van der Waals surface area (Å²) in [5, 5.41) is 16.9. The number of aromatic hydroxyl groups is 1. The SMILES string of the molecule is C=CCc1cccc(C=NN2CCN(c3ccccc3OC)CC2)c1O. The van der Waals surface area contributed by atoms with Crippen molar-refractivity contribution >= 4 is 11.9 Å². The number of methoxy groups -OCH3 is 1. The summed E-state index contributed by atoms with van der Waals surface area (Å²) in [6.45, 7) is 7.12.